The van der Waals surface area contributed by atoms with Crippen LogP contribution in [-0.2, 0) is 6.61 Å². The molecule has 0 aliphatic heterocycles. The zero-order valence-corrected chi connectivity index (χ0v) is 17.8. The van der Waals surface area contributed by atoms with Gasteiger partial charge in [-0.2, -0.15) is 0 Å². The van der Waals surface area contributed by atoms with Crippen LogP contribution in [-0.4, -0.2) is 27.9 Å². The SMILES string of the molecule is O=C(NCC(=O)n1c(COc2cccc3ccccc23)nc2ccccc21)c1ccccc1. The van der Waals surface area contributed by atoms with E-state index in [-0.39, 0.29) is 25.0 Å². The van der Waals surface area contributed by atoms with Crippen LogP contribution in [0.1, 0.15) is 21.0 Å². The Bertz CT molecular complexity index is 1450. The Hall–Kier alpha value is -4.45. The summed E-state index contributed by atoms with van der Waals surface area (Å²) in [6.07, 6.45) is 0. The fourth-order valence-corrected chi connectivity index (χ4v) is 3.84. The van der Waals surface area contributed by atoms with E-state index in [2.05, 4.69) is 10.3 Å². The molecule has 4 aromatic carbocycles. The first-order valence-electron chi connectivity index (χ1n) is 10.6. The van der Waals surface area contributed by atoms with E-state index in [0.717, 1.165) is 16.5 Å². The molecule has 0 aliphatic carbocycles. The lowest BCUT2D eigenvalue weighted by atomic mass is 10.1. The molecule has 0 bridgehead atoms. The molecule has 162 valence electrons. The first-order valence-corrected chi connectivity index (χ1v) is 10.6. The Morgan fingerprint density at radius 3 is 2.42 bits per heavy atom. The van der Waals surface area contributed by atoms with Crippen molar-refractivity contribution in [1.82, 2.24) is 14.9 Å². The summed E-state index contributed by atoms with van der Waals surface area (Å²) in [7, 11) is 0. The van der Waals surface area contributed by atoms with Gasteiger partial charge in [-0.05, 0) is 35.7 Å². The minimum absolute atomic E-state index is 0.112. The molecule has 0 radical (unpaired) electrons. The van der Waals surface area contributed by atoms with Gasteiger partial charge in [0.25, 0.3) is 11.8 Å². The van der Waals surface area contributed by atoms with E-state index >= 15 is 0 Å². The average molecular weight is 435 g/mol. The number of nitrogens with zero attached hydrogens (tertiary/aromatic N) is 2. The highest BCUT2D eigenvalue weighted by Gasteiger charge is 2.18. The zero-order valence-electron chi connectivity index (χ0n) is 17.8. The molecule has 33 heavy (non-hydrogen) atoms. The van der Waals surface area contributed by atoms with E-state index < -0.39 is 0 Å². The topological polar surface area (TPSA) is 73.2 Å². The highest BCUT2D eigenvalue weighted by atomic mass is 16.5. The Morgan fingerprint density at radius 1 is 0.818 bits per heavy atom. The van der Waals surface area contributed by atoms with Gasteiger partial charge in [-0.3, -0.25) is 14.2 Å². The highest BCUT2D eigenvalue weighted by Crippen LogP contribution is 2.26. The van der Waals surface area contributed by atoms with E-state index in [1.54, 1.807) is 24.3 Å². The van der Waals surface area contributed by atoms with E-state index in [1.165, 1.54) is 4.57 Å². The quantitative estimate of drug-likeness (QED) is 0.414. The maximum absolute atomic E-state index is 13.2. The van der Waals surface area contributed by atoms with Crippen molar-refractivity contribution in [2.45, 2.75) is 6.61 Å². The number of hydrogen-bond acceptors (Lipinski definition) is 4. The van der Waals surface area contributed by atoms with E-state index in [9.17, 15) is 9.59 Å². The smallest absolute Gasteiger partial charge is 0.252 e. The predicted molar refractivity (Wildman–Crippen MR) is 127 cm³/mol. The van der Waals surface area contributed by atoms with Gasteiger partial charge in [-0.15, -0.1) is 0 Å². The van der Waals surface area contributed by atoms with Crippen LogP contribution >= 0.6 is 0 Å². The molecule has 0 aliphatic rings. The number of amides is 1. The number of fused-ring (bicyclic) bond motifs is 2. The molecule has 0 atom stereocenters. The number of carbonyl (C=O) groups is 2. The van der Waals surface area contributed by atoms with Gasteiger partial charge in [0.2, 0.25) is 0 Å². The van der Waals surface area contributed by atoms with Crippen molar-refractivity contribution in [2.24, 2.45) is 0 Å². The van der Waals surface area contributed by atoms with Gasteiger partial charge in [0.1, 0.15) is 12.4 Å². The fourth-order valence-electron chi connectivity index (χ4n) is 3.84. The summed E-state index contributed by atoms with van der Waals surface area (Å²) in [5.41, 5.74) is 1.87. The maximum atomic E-state index is 13.2. The molecule has 0 saturated heterocycles. The summed E-state index contributed by atoms with van der Waals surface area (Å²) < 4.78 is 7.62. The minimum atomic E-state index is -0.304. The summed E-state index contributed by atoms with van der Waals surface area (Å²) in [4.78, 5) is 30.2. The Balaban J connectivity index is 1.40. The van der Waals surface area contributed by atoms with Crippen LogP contribution in [0.3, 0.4) is 0 Å². The van der Waals surface area contributed by atoms with Crippen molar-refractivity contribution in [1.29, 1.82) is 0 Å². The molecular weight excluding hydrogens is 414 g/mol. The number of nitrogens with one attached hydrogen (secondary N) is 1. The van der Waals surface area contributed by atoms with Crippen LogP contribution in [0.4, 0.5) is 0 Å². The number of rotatable bonds is 6. The van der Waals surface area contributed by atoms with Crippen molar-refractivity contribution >= 4 is 33.6 Å². The molecule has 0 unspecified atom stereocenters. The molecule has 0 spiro atoms. The predicted octanol–water partition coefficient (Wildman–Crippen LogP) is 4.84. The highest BCUT2D eigenvalue weighted by molar-refractivity contribution is 5.98. The van der Waals surface area contributed by atoms with Crippen LogP contribution < -0.4 is 10.1 Å². The molecule has 1 heterocycles. The fraction of sp³-hybridized carbons (Fsp3) is 0.0741. The lowest BCUT2D eigenvalue weighted by Gasteiger charge is -2.12. The number of para-hydroxylation sites is 2. The van der Waals surface area contributed by atoms with Crippen LogP contribution in [0.2, 0.25) is 0 Å². The minimum Gasteiger partial charge on any atom is -0.485 e. The van der Waals surface area contributed by atoms with Gasteiger partial charge in [-0.1, -0.05) is 66.7 Å². The third-order valence-electron chi connectivity index (χ3n) is 5.42. The van der Waals surface area contributed by atoms with Crippen LogP contribution in [0.25, 0.3) is 21.8 Å². The molecule has 1 N–H and O–H groups in total. The molecule has 5 aromatic rings. The third kappa shape index (κ3) is 4.19. The summed E-state index contributed by atoms with van der Waals surface area (Å²) in [6.45, 7) is -0.0452. The molecule has 6 heteroatoms. The summed E-state index contributed by atoms with van der Waals surface area (Å²) in [5.74, 6) is 0.603. The Kier molecular flexibility index (Phi) is 5.55. The van der Waals surface area contributed by atoms with Gasteiger partial charge < -0.3 is 10.1 Å². The van der Waals surface area contributed by atoms with Gasteiger partial charge in [0.15, 0.2) is 5.82 Å². The largest absolute Gasteiger partial charge is 0.485 e. The van der Waals surface area contributed by atoms with Crippen molar-refractivity contribution in [3.63, 3.8) is 0 Å². The number of carbonyl (C=O) groups excluding carboxylic acids is 2. The monoisotopic (exact) mass is 435 g/mol. The standard InChI is InChI=1S/C27H21N3O3/c31-26(17-28-27(32)20-10-2-1-3-11-20)30-23-15-7-6-14-22(23)29-25(30)18-33-24-16-8-12-19-9-4-5-13-21(19)24/h1-16H,17-18H2,(H,28,32). The van der Waals surface area contributed by atoms with E-state index in [0.29, 0.717) is 22.4 Å². The van der Waals surface area contributed by atoms with E-state index in [1.807, 2.05) is 72.8 Å². The number of aromatic nitrogens is 2. The molecule has 6 nitrogen and oxygen atoms in total. The van der Waals surface area contributed by atoms with Crippen molar-refractivity contribution in [2.75, 3.05) is 6.54 Å². The molecule has 1 aromatic heterocycles. The normalized spacial score (nSPS) is 10.9. The van der Waals surface area contributed by atoms with E-state index in [4.69, 9.17) is 4.74 Å². The average Bonchev–Trinajstić information content (AvgIpc) is 3.25. The van der Waals surface area contributed by atoms with Crippen molar-refractivity contribution in [3.8, 4) is 5.75 Å². The van der Waals surface area contributed by atoms with Crippen LogP contribution in [0.15, 0.2) is 97.1 Å². The second kappa shape index (κ2) is 8.96. The second-order valence-electron chi connectivity index (χ2n) is 7.56. The zero-order chi connectivity index (χ0) is 22.6. The lowest BCUT2D eigenvalue weighted by Crippen LogP contribution is -2.33. The van der Waals surface area contributed by atoms with Crippen LogP contribution in [0, 0.1) is 0 Å². The van der Waals surface area contributed by atoms with Gasteiger partial charge >= 0.3 is 0 Å². The number of ether oxygens (including phenoxy) is 1. The molecule has 0 saturated carbocycles. The van der Waals surface area contributed by atoms with Gasteiger partial charge in [0.05, 0.1) is 17.6 Å². The second-order valence-corrected chi connectivity index (χ2v) is 7.56. The summed E-state index contributed by atoms with van der Waals surface area (Å²) >= 11 is 0. The van der Waals surface area contributed by atoms with Crippen molar-refractivity contribution < 1.29 is 14.3 Å². The molecule has 0 fully saturated rings. The lowest BCUT2D eigenvalue weighted by molar-refractivity contribution is 0.0858. The first-order chi connectivity index (χ1) is 16.2. The molecule has 5 rings (SSSR count). The summed E-state index contributed by atoms with van der Waals surface area (Å²) in [6, 6.07) is 30.0. The number of benzene rings is 4. The Morgan fingerprint density at radius 2 is 1.55 bits per heavy atom. The molecular formula is C27H21N3O3. The maximum Gasteiger partial charge on any atom is 0.252 e. The number of imidazole rings is 1. The van der Waals surface area contributed by atoms with Gasteiger partial charge in [-0.25, -0.2) is 4.98 Å². The van der Waals surface area contributed by atoms with Crippen molar-refractivity contribution in [3.05, 3.63) is 108 Å². The summed E-state index contributed by atoms with van der Waals surface area (Å²) in [5, 5.41) is 4.76. The van der Waals surface area contributed by atoms with Crippen LogP contribution in [0.5, 0.6) is 5.75 Å². The molecule has 1 amide bonds. The number of hydrogen-bond donors (Lipinski definition) is 1. The third-order valence-corrected chi connectivity index (χ3v) is 5.42. The Labute approximate surface area is 190 Å². The van der Waals surface area contributed by atoms with Gasteiger partial charge in [0, 0.05) is 10.9 Å². The first kappa shape index (κ1) is 20.5.